The second-order valence-electron chi connectivity index (χ2n) is 6.63. The van der Waals surface area contributed by atoms with Crippen molar-refractivity contribution in [2.45, 2.75) is 71.4 Å². The Bertz CT molecular complexity index is 378. The highest BCUT2D eigenvalue weighted by Gasteiger charge is 2.21. The van der Waals surface area contributed by atoms with Crippen molar-refractivity contribution in [3.05, 3.63) is 16.1 Å². The molecule has 1 heterocycles. The lowest BCUT2D eigenvalue weighted by atomic mass is 9.86. The van der Waals surface area contributed by atoms with Gasteiger partial charge in [0, 0.05) is 29.1 Å². The molecule has 0 aliphatic heterocycles. The molecule has 2 nitrogen and oxygen atoms in total. The minimum absolute atomic E-state index is 0.182. The lowest BCUT2D eigenvalue weighted by Crippen LogP contribution is -2.36. The molecule has 0 amide bonds. The summed E-state index contributed by atoms with van der Waals surface area (Å²) in [6.45, 7) is 10.1. The molecule has 1 aliphatic carbocycles. The average molecular weight is 266 g/mol. The highest BCUT2D eigenvalue weighted by atomic mass is 32.1. The van der Waals surface area contributed by atoms with Crippen molar-refractivity contribution in [1.82, 2.24) is 10.3 Å². The number of nitrogens with one attached hydrogen (secondary N) is 1. The monoisotopic (exact) mass is 266 g/mol. The van der Waals surface area contributed by atoms with Crippen molar-refractivity contribution in [1.29, 1.82) is 0 Å². The van der Waals surface area contributed by atoms with Crippen LogP contribution in [-0.4, -0.2) is 11.0 Å². The third kappa shape index (κ3) is 3.55. The Kier molecular flexibility index (Phi) is 4.44. The number of thiazole rings is 1. The van der Waals surface area contributed by atoms with E-state index in [0.717, 1.165) is 12.5 Å². The first-order valence-corrected chi connectivity index (χ1v) is 7.97. The first kappa shape index (κ1) is 14.0. The summed E-state index contributed by atoms with van der Waals surface area (Å²) in [5, 5.41) is 4.97. The van der Waals surface area contributed by atoms with E-state index < -0.39 is 0 Å². The Balaban J connectivity index is 1.88. The van der Waals surface area contributed by atoms with Gasteiger partial charge in [-0.05, 0) is 18.8 Å². The molecule has 102 valence electrons. The minimum atomic E-state index is 0.182. The molecule has 0 saturated heterocycles. The number of aromatic nitrogens is 1. The molecule has 0 bridgehead atoms. The molecule has 18 heavy (non-hydrogen) atoms. The van der Waals surface area contributed by atoms with Crippen LogP contribution in [0, 0.1) is 5.92 Å². The maximum Gasteiger partial charge on any atom is 0.0981 e. The Morgan fingerprint density at radius 2 is 2.06 bits per heavy atom. The van der Waals surface area contributed by atoms with Gasteiger partial charge in [-0.3, -0.25) is 0 Å². The van der Waals surface area contributed by atoms with Gasteiger partial charge >= 0.3 is 0 Å². The molecule has 0 spiro atoms. The normalized spacial score (nSPS) is 25.3. The molecule has 3 heteroatoms. The van der Waals surface area contributed by atoms with Gasteiger partial charge in [-0.2, -0.15) is 0 Å². The van der Waals surface area contributed by atoms with Crippen LogP contribution in [0.1, 0.15) is 63.3 Å². The van der Waals surface area contributed by atoms with E-state index >= 15 is 0 Å². The predicted molar refractivity (Wildman–Crippen MR) is 79.1 cm³/mol. The standard InChI is InChI=1S/C15H26N2S/c1-11-7-5-6-8-13(11)16-9-12-10-17-14(18-12)15(2,3)4/h10-11,13,16H,5-9H2,1-4H3. The van der Waals surface area contributed by atoms with Crippen LogP contribution >= 0.6 is 11.3 Å². The summed E-state index contributed by atoms with van der Waals surface area (Å²) in [5.41, 5.74) is 0.182. The molecule has 0 aromatic carbocycles. The maximum absolute atomic E-state index is 4.55. The van der Waals surface area contributed by atoms with Crippen molar-refractivity contribution in [2.24, 2.45) is 5.92 Å². The molecule has 1 fully saturated rings. The lowest BCUT2D eigenvalue weighted by Gasteiger charge is -2.29. The maximum atomic E-state index is 4.55. The number of nitrogens with zero attached hydrogens (tertiary/aromatic N) is 1. The summed E-state index contributed by atoms with van der Waals surface area (Å²) in [6, 6.07) is 0.707. The fraction of sp³-hybridized carbons (Fsp3) is 0.800. The lowest BCUT2D eigenvalue weighted by molar-refractivity contribution is 0.280. The second kappa shape index (κ2) is 5.70. The Morgan fingerprint density at radius 3 is 2.67 bits per heavy atom. The molecule has 2 rings (SSSR count). The van der Waals surface area contributed by atoms with Crippen molar-refractivity contribution < 1.29 is 0 Å². The van der Waals surface area contributed by atoms with Gasteiger partial charge in [0.25, 0.3) is 0 Å². The molecule has 1 N–H and O–H groups in total. The van der Waals surface area contributed by atoms with Gasteiger partial charge in [-0.25, -0.2) is 4.98 Å². The number of hydrogen-bond donors (Lipinski definition) is 1. The van der Waals surface area contributed by atoms with Crippen LogP contribution in [-0.2, 0) is 12.0 Å². The van der Waals surface area contributed by atoms with E-state index in [1.165, 1.54) is 35.6 Å². The molecule has 1 saturated carbocycles. The largest absolute Gasteiger partial charge is 0.309 e. The van der Waals surface area contributed by atoms with E-state index in [-0.39, 0.29) is 5.41 Å². The molecular formula is C15H26N2S. The fourth-order valence-corrected chi connectivity index (χ4v) is 3.51. The summed E-state index contributed by atoms with van der Waals surface area (Å²) in [7, 11) is 0. The van der Waals surface area contributed by atoms with Gasteiger partial charge < -0.3 is 5.32 Å². The van der Waals surface area contributed by atoms with Crippen LogP contribution in [0.4, 0.5) is 0 Å². The zero-order valence-corrected chi connectivity index (χ0v) is 12.9. The summed E-state index contributed by atoms with van der Waals surface area (Å²) >= 11 is 1.86. The van der Waals surface area contributed by atoms with E-state index in [4.69, 9.17) is 0 Å². The van der Waals surface area contributed by atoms with Gasteiger partial charge in [-0.15, -0.1) is 11.3 Å². The highest BCUT2D eigenvalue weighted by molar-refractivity contribution is 7.11. The minimum Gasteiger partial charge on any atom is -0.309 e. The molecule has 0 radical (unpaired) electrons. The van der Waals surface area contributed by atoms with E-state index in [9.17, 15) is 0 Å². The zero-order chi connectivity index (χ0) is 13.2. The van der Waals surface area contributed by atoms with Gasteiger partial charge in [0.2, 0.25) is 0 Å². The van der Waals surface area contributed by atoms with E-state index in [1.807, 2.05) is 17.5 Å². The number of rotatable bonds is 3. The van der Waals surface area contributed by atoms with Crippen LogP contribution < -0.4 is 5.32 Å². The average Bonchev–Trinajstić information content (AvgIpc) is 2.76. The van der Waals surface area contributed by atoms with Crippen LogP contribution in [0.15, 0.2) is 6.20 Å². The topological polar surface area (TPSA) is 24.9 Å². The quantitative estimate of drug-likeness (QED) is 0.890. The third-order valence-corrected chi connectivity index (χ3v) is 5.27. The van der Waals surface area contributed by atoms with Gasteiger partial charge in [-0.1, -0.05) is 40.5 Å². The summed E-state index contributed by atoms with van der Waals surface area (Å²) in [4.78, 5) is 5.92. The molecule has 1 aliphatic rings. The van der Waals surface area contributed by atoms with Crippen LogP contribution in [0.5, 0.6) is 0 Å². The molecule has 2 unspecified atom stereocenters. The first-order chi connectivity index (χ1) is 8.47. The third-order valence-electron chi connectivity index (χ3n) is 3.85. The number of hydrogen-bond acceptors (Lipinski definition) is 3. The van der Waals surface area contributed by atoms with Crippen molar-refractivity contribution in [2.75, 3.05) is 0 Å². The van der Waals surface area contributed by atoms with Crippen molar-refractivity contribution in [3.63, 3.8) is 0 Å². The smallest absolute Gasteiger partial charge is 0.0981 e. The van der Waals surface area contributed by atoms with Crippen LogP contribution in [0.2, 0.25) is 0 Å². The SMILES string of the molecule is CC1CCCCC1NCc1cnc(C(C)(C)C)s1. The van der Waals surface area contributed by atoms with Crippen LogP contribution in [0.3, 0.4) is 0 Å². The van der Waals surface area contributed by atoms with Crippen molar-refractivity contribution in [3.8, 4) is 0 Å². The first-order valence-electron chi connectivity index (χ1n) is 7.15. The Hall–Kier alpha value is -0.410. The van der Waals surface area contributed by atoms with E-state index in [0.29, 0.717) is 6.04 Å². The Labute approximate surface area is 115 Å². The van der Waals surface area contributed by atoms with E-state index in [1.54, 1.807) is 0 Å². The summed E-state index contributed by atoms with van der Waals surface area (Å²) < 4.78 is 0. The van der Waals surface area contributed by atoms with Gasteiger partial charge in [0.15, 0.2) is 0 Å². The van der Waals surface area contributed by atoms with Crippen LogP contribution in [0.25, 0.3) is 0 Å². The molecule has 1 aromatic heterocycles. The Morgan fingerprint density at radius 1 is 1.33 bits per heavy atom. The highest BCUT2D eigenvalue weighted by Crippen LogP contribution is 2.28. The van der Waals surface area contributed by atoms with E-state index in [2.05, 4.69) is 38.0 Å². The fourth-order valence-electron chi connectivity index (χ4n) is 2.59. The van der Waals surface area contributed by atoms with Gasteiger partial charge in [0.05, 0.1) is 5.01 Å². The predicted octanol–water partition coefficient (Wildman–Crippen LogP) is 4.11. The summed E-state index contributed by atoms with van der Waals surface area (Å²) in [5.74, 6) is 0.828. The van der Waals surface area contributed by atoms with Gasteiger partial charge in [0.1, 0.15) is 0 Å². The molecular weight excluding hydrogens is 240 g/mol. The summed E-state index contributed by atoms with van der Waals surface area (Å²) in [6.07, 6.45) is 7.57. The van der Waals surface area contributed by atoms with Crippen molar-refractivity contribution >= 4 is 11.3 Å². The second-order valence-corrected chi connectivity index (χ2v) is 7.75. The zero-order valence-electron chi connectivity index (χ0n) is 12.1. The molecule has 1 aromatic rings. The molecule has 2 atom stereocenters.